The number of carbonyl (C=O) groups excluding carboxylic acids is 1. The largest absolute Gasteiger partial charge is 0.348 e. The molecular formula is C22H18N4O. The summed E-state index contributed by atoms with van der Waals surface area (Å²) in [7, 11) is 0. The molecule has 4 rings (SSSR count). The summed E-state index contributed by atoms with van der Waals surface area (Å²) < 4.78 is 0. The molecule has 4 aromatic rings. The Morgan fingerprint density at radius 2 is 1.81 bits per heavy atom. The lowest BCUT2D eigenvalue weighted by Crippen LogP contribution is -2.23. The molecule has 0 fully saturated rings. The topological polar surface area (TPSA) is 67.8 Å². The molecule has 5 nitrogen and oxygen atoms in total. The summed E-state index contributed by atoms with van der Waals surface area (Å²) in [6.45, 7) is 2.30. The Hall–Kier alpha value is -3.60. The Kier molecular flexibility index (Phi) is 4.58. The fourth-order valence-electron chi connectivity index (χ4n) is 3.05. The van der Waals surface area contributed by atoms with Gasteiger partial charge in [-0.05, 0) is 42.8 Å². The first kappa shape index (κ1) is 16.8. The molecule has 1 N–H and O–H groups in total. The molecule has 0 saturated heterocycles. The number of fused-ring (bicyclic) bond motifs is 1. The van der Waals surface area contributed by atoms with E-state index in [1.165, 1.54) is 0 Å². The molecule has 0 saturated carbocycles. The van der Waals surface area contributed by atoms with Gasteiger partial charge < -0.3 is 5.32 Å². The van der Waals surface area contributed by atoms with Crippen LogP contribution >= 0.6 is 0 Å². The van der Waals surface area contributed by atoms with Gasteiger partial charge in [0.15, 0.2) is 0 Å². The number of nitrogens with one attached hydrogen (secondary N) is 1. The van der Waals surface area contributed by atoms with Crippen molar-refractivity contribution < 1.29 is 4.79 Å². The van der Waals surface area contributed by atoms with E-state index in [0.717, 1.165) is 33.4 Å². The van der Waals surface area contributed by atoms with Crippen LogP contribution in [0.2, 0.25) is 0 Å². The number of benzene rings is 1. The van der Waals surface area contributed by atoms with Crippen molar-refractivity contribution in [1.29, 1.82) is 0 Å². The van der Waals surface area contributed by atoms with Crippen molar-refractivity contribution >= 4 is 16.8 Å². The summed E-state index contributed by atoms with van der Waals surface area (Å²) >= 11 is 0. The van der Waals surface area contributed by atoms with Crippen LogP contribution in [0.3, 0.4) is 0 Å². The molecule has 0 bridgehead atoms. The Morgan fingerprint density at radius 1 is 0.963 bits per heavy atom. The van der Waals surface area contributed by atoms with Crippen LogP contribution in [0.5, 0.6) is 0 Å². The minimum Gasteiger partial charge on any atom is -0.348 e. The molecule has 1 amide bonds. The van der Waals surface area contributed by atoms with Gasteiger partial charge in [-0.3, -0.25) is 19.7 Å². The smallest absolute Gasteiger partial charge is 0.253 e. The lowest BCUT2D eigenvalue weighted by atomic mass is 10.1. The zero-order valence-corrected chi connectivity index (χ0v) is 14.9. The van der Waals surface area contributed by atoms with Gasteiger partial charge in [0.2, 0.25) is 0 Å². The normalized spacial score (nSPS) is 10.7. The molecule has 0 aliphatic rings. The van der Waals surface area contributed by atoms with Crippen LogP contribution in [0.4, 0.5) is 0 Å². The summed E-state index contributed by atoms with van der Waals surface area (Å²) in [6.07, 6.45) is 5.21. The van der Waals surface area contributed by atoms with E-state index in [1.54, 1.807) is 24.7 Å². The van der Waals surface area contributed by atoms with E-state index in [-0.39, 0.29) is 5.91 Å². The van der Waals surface area contributed by atoms with E-state index in [9.17, 15) is 4.79 Å². The zero-order chi connectivity index (χ0) is 18.6. The highest BCUT2D eigenvalue weighted by Gasteiger charge is 2.13. The maximum absolute atomic E-state index is 12.8. The number of aryl methyl sites for hydroxylation is 1. The number of amides is 1. The molecule has 1 aromatic carbocycles. The number of hydrogen-bond donors (Lipinski definition) is 1. The van der Waals surface area contributed by atoms with E-state index in [1.807, 2.05) is 55.5 Å². The third-order valence-electron chi connectivity index (χ3n) is 4.39. The van der Waals surface area contributed by atoms with Gasteiger partial charge in [-0.1, -0.05) is 24.3 Å². The Morgan fingerprint density at radius 3 is 2.67 bits per heavy atom. The zero-order valence-electron chi connectivity index (χ0n) is 14.9. The maximum Gasteiger partial charge on any atom is 0.253 e. The van der Waals surface area contributed by atoms with Crippen molar-refractivity contribution in [3.8, 4) is 11.3 Å². The summed E-state index contributed by atoms with van der Waals surface area (Å²) in [4.78, 5) is 25.9. The van der Waals surface area contributed by atoms with Crippen molar-refractivity contribution in [2.45, 2.75) is 13.5 Å². The van der Waals surface area contributed by atoms with Crippen molar-refractivity contribution in [1.82, 2.24) is 20.3 Å². The first-order valence-electron chi connectivity index (χ1n) is 8.71. The minimum absolute atomic E-state index is 0.150. The average molecular weight is 354 g/mol. The number of hydrogen-bond acceptors (Lipinski definition) is 4. The fourth-order valence-corrected chi connectivity index (χ4v) is 3.05. The number of para-hydroxylation sites is 1. The summed E-state index contributed by atoms with van der Waals surface area (Å²) in [5.74, 6) is -0.150. The summed E-state index contributed by atoms with van der Waals surface area (Å²) in [5, 5.41) is 3.95. The van der Waals surface area contributed by atoms with Crippen molar-refractivity contribution in [3.05, 3.63) is 90.0 Å². The van der Waals surface area contributed by atoms with Gasteiger partial charge in [0.1, 0.15) is 0 Å². The second kappa shape index (κ2) is 7.33. The van der Waals surface area contributed by atoms with Crippen LogP contribution in [0.25, 0.3) is 22.2 Å². The van der Waals surface area contributed by atoms with Crippen LogP contribution in [0.15, 0.2) is 73.2 Å². The average Bonchev–Trinajstić information content (AvgIpc) is 2.72. The quantitative estimate of drug-likeness (QED) is 0.603. The van der Waals surface area contributed by atoms with Crippen molar-refractivity contribution in [2.75, 3.05) is 0 Å². The highest BCUT2D eigenvalue weighted by Crippen LogP contribution is 2.21. The first-order valence-corrected chi connectivity index (χ1v) is 8.71. The number of pyridine rings is 3. The van der Waals surface area contributed by atoms with E-state index in [2.05, 4.69) is 20.3 Å². The van der Waals surface area contributed by atoms with Crippen LogP contribution in [0, 0.1) is 6.92 Å². The lowest BCUT2D eigenvalue weighted by molar-refractivity contribution is 0.0952. The van der Waals surface area contributed by atoms with E-state index in [0.29, 0.717) is 12.1 Å². The lowest BCUT2D eigenvalue weighted by Gasteiger charge is -2.11. The predicted molar refractivity (Wildman–Crippen MR) is 105 cm³/mol. The standard InChI is InChI=1S/C22H18N4O/c1-15-7-8-16-4-2-6-19(21(16)26-15)22(27)25-14-18-5-3-11-24-20(18)17-9-12-23-13-10-17/h2-13H,14H2,1H3,(H,25,27). The van der Waals surface area contributed by atoms with Crippen molar-refractivity contribution in [3.63, 3.8) is 0 Å². The molecule has 3 heterocycles. The molecule has 0 atom stereocenters. The third kappa shape index (κ3) is 3.53. The van der Waals surface area contributed by atoms with E-state index >= 15 is 0 Å². The van der Waals surface area contributed by atoms with Gasteiger partial charge in [0.05, 0.1) is 16.8 Å². The highest BCUT2D eigenvalue weighted by atomic mass is 16.1. The number of carbonyl (C=O) groups is 1. The Labute approximate surface area is 157 Å². The molecule has 0 radical (unpaired) electrons. The molecule has 0 aliphatic heterocycles. The van der Waals surface area contributed by atoms with Gasteiger partial charge >= 0.3 is 0 Å². The number of rotatable bonds is 4. The summed E-state index contributed by atoms with van der Waals surface area (Å²) in [5.41, 5.74) is 4.93. The number of aromatic nitrogens is 3. The predicted octanol–water partition coefficient (Wildman–Crippen LogP) is 3.93. The molecular weight excluding hydrogens is 336 g/mol. The Balaban J connectivity index is 1.60. The molecule has 132 valence electrons. The summed E-state index contributed by atoms with van der Waals surface area (Å²) in [6, 6.07) is 17.2. The van der Waals surface area contributed by atoms with Crippen LogP contribution < -0.4 is 5.32 Å². The SMILES string of the molecule is Cc1ccc2cccc(C(=O)NCc3cccnc3-c3ccncc3)c2n1. The van der Waals surface area contributed by atoms with E-state index in [4.69, 9.17) is 0 Å². The van der Waals surface area contributed by atoms with Crippen LogP contribution in [-0.4, -0.2) is 20.9 Å². The fraction of sp³-hybridized carbons (Fsp3) is 0.0909. The molecule has 0 unspecified atom stereocenters. The van der Waals surface area contributed by atoms with Gasteiger partial charge in [0.25, 0.3) is 5.91 Å². The monoisotopic (exact) mass is 354 g/mol. The number of nitrogens with zero attached hydrogens (tertiary/aromatic N) is 3. The van der Waals surface area contributed by atoms with Gasteiger partial charge in [-0.2, -0.15) is 0 Å². The van der Waals surface area contributed by atoms with Gasteiger partial charge in [0, 0.05) is 41.8 Å². The molecule has 0 spiro atoms. The Bertz CT molecular complexity index is 1110. The maximum atomic E-state index is 12.8. The second-order valence-electron chi connectivity index (χ2n) is 6.26. The second-order valence-corrected chi connectivity index (χ2v) is 6.26. The molecule has 3 aromatic heterocycles. The van der Waals surface area contributed by atoms with Gasteiger partial charge in [-0.25, -0.2) is 0 Å². The van der Waals surface area contributed by atoms with E-state index < -0.39 is 0 Å². The van der Waals surface area contributed by atoms with Crippen LogP contribution in [0.1, 0.15) is 21.6 Å². The highest BCUT2D eigenvalue weighted by molar-refractivity contribution is 6.05. The third-order valence-corrected chi connectivity index (χ3v) is 4.39. The van der Waals surface area contributed by atoms with Crippen LogP contribution in [-0.2, 0) is 6.54 Å². The van der Waals surface area contributed by atoms with Gasteiger partial charge in [-0.15, -0.1) is 0 Å². The minimum atomic E-state index is -0.150. The van der Waals surface area contributed by atoms with Crippen molar-refractivity contribution in [2.24, 2.45) is 0 Å². The first-order chi connectivity index (χ1) is 13.2. The molecule has 5 heteroatoms. The molecule has 0 aliphatic carbocycles. The molecule has 27 heavy (non-hydrogen) atoms.